The second kappa shape index (κ2) is 6.08. The van der Waals surface area contributed by atoms with Crippen LogP contribution in [-0.4, -0.2) is 0 Å². The largest absolute Gasteiger partial charge is 0.0625 e. The molecule has 0 bridgehead atoms. The summed E-state index contributed by atoms with van der Waals surface area (Å²) < 4.78 is 0. The molecule has 1 aromatic rings. The molecule has 0 saturated heterocycles. The molecule has 1 radical (unpaired) electrons. The van der Waals surface area contributed by atoms with Crippen molar-refractivity contribution in [1.82, 2.24) is 0 Å². The van der Waals surface area contributed by atoms with Gasteiger partial charge in [0.1, 0.15) is 0 Å². The molecule has 0 N–H and O–H groups in total. The van der Waals surface area contributed by atoms with Gasteiger partial charge in [-0.3, -0.25) is 0 Å². The second-order valence-electron chi connectivity index (χ2n) is 5.55. The first-order valence-corrected chi connectivity index (χ1v) is 6.42. The van der Waals surface area contributed by atoms with Gasteiger partial charge in [-0.25, -0.2) is 0 Å². The highest BCUT2D eigenvalue weighted by Crippen LogP contribution is 2.19. The van der Waals surface area contributed by atoms with Crippen molar-refractivity contribution >= 4 is 0 Å². The van der Waals surface area contributed by atoms with Crippen molar-refractivity contribution < 1.29 is 0 Å². The molecule has 16 heavy (non-hydrogen) atoms. The quantitative estimate of drug-likeness (QED) is 0.683. The van der Waals surface area contributed by atoms with Crippen molar-refractivity contribution in [3.63, 3.8) is 0 Å². The van der Waals surface area contributed by atoms with E-state index in [0.717, 1.165) is 18.3 Å². The van der Waals surface area contributed by atoms with Crippen LogP contribution in [0.3, 0.4) is 0 Å². The summed E-state index contributed by atoms with van der Waals surface area (Å²) in [7, 11) is 0. The van der Waals surface area contributed by atoms with Gasteiger partial charge in [0.05, 0.1) is 0 Å². The normalized spacial score (nSPS) is 11.4. The van der Waals surface area contributed by atoms with Crippen LogP contribution in [0.25, 0.3) is 0 Å². The number of benzene rings is 1. The second-order valence-corrected chi connectivity index (χ2v) is 5.55. The van der Waals surface area contributed by atoms with E-state index in [1.54, 1.807) is 0 Å². The topological polar surface area (TPSA) is 0 Å². The Morgan fingerprint density at radius 3 is 2.00 bits per heavy atom. The number of hydrogen-bond acceptors (Lipinski definition) is 0. The Morgan fingerprint density at radius 1 is 0.938 bits per heavy atom. The van der Waals surface area contributed by atoms with Crippen LogP contribution in [0.1, 0.15) is 44.4 Å². The summed E-state index contributed by atoms with van der Waals surface area (Å²) in [6.45, 7) is 13.1. The van der Waals surface area contributed by atoms with E-state index in [9.17, 15) is 0 Å². The fourth-order valence-electron chi connectivity index (χ4n) is 2.10. The maximum atomic E-state index is 3.97. The molecular weight excluding hydrogens is 192 g/mol. The monoisotopic (exact) mass is 217 g/mol. The molecule has 89 valence electrons. The van der Waals surface area contributed by atoms with Gasteiger partial charge in [-0.05, 0) is 54.7 Å². The van der Waals surface area contributed by atoms with Crippen molar-refractivity contribution in [1.29, 1.82) is 0 Å². The SMILES string of the molecule is [CH2]Cc1ccc(CC(C)C)c(CC(C)C)c1. The smallest absolute Gasteiger partial charge is 0.0253 e. The van der Waals surface area contributed by atoms with Crippen molar-refractivity contribution in [2.75, 3.05) is 0 Å². The van der Waals surface area contributed by atoms with E-state index in [1.807, 2.05) is 0 Å². The molecular formula is C16H25. The van der Waals surface area contributed by atoms with Crippen LogP contribution in [0.5, 0.6) is 0 Å². The molecule has 0 aliphatic heterocycles. The first kappa shape index (κ1) is 13.3. The summed E-state index contributed by atoms with van der Waals surface area (Å²) in [5, 5.41) is 0. The van der Waals surface area contributed by atoms with Gasteiger partial charge in [0.15, 0.2) is 0 Å². The molecule has 0 spiro atoms. The fraction of sp³-hybridized carbons (Fsp3) is 0.562. The highest BCUT2D eigenvalue weighted by molar-refractivity contribution is 5.33. The molecule has 0 saturated carbocycles. The van der Waals surface area contributed by atoms with Gasteiger partial charge in [0.2, 0.25) is 0 Å². The Morgan fingerprint density at radius 2 is 1.50 bits per heavy atom. The van der Waals surface area contributed by atoms with E-state index in [1.165, 1.54) is 29.5 Å². The summed E-state index contributed by atoms with van der Waals surface area (Å²) in [6, 6.07) is 6.89. The molecule has 0 nitrogen and oxygen atoms in total. The van der Waals surface area contributed by atoms with E-state index in [2.05, 4.69) is 52.8 Å². The minimum Gasteiger partial charge on any atom is -0.0625 e. The van der Waals surface area contributed by atoms with Crippen LogP contribution in [-0.2, 0) is 19.3 Å². The summed E-state index contributed by atoms with van der Waals surface area (Å²) in [5.41, 5.74) is 4.42. The van der Waals surface area contributed by atoms with E-state index >= 15 is 0 Å². The maximum Gasteiger partial charge on any atom is -0.0253 e. The molecule has 1 rings (SSSR count). The van der Waals surface area contributed by atoms with Crippen molar-refractivity contribution in [2.45, 2.75) is 47.0 Å². The van der Waals surface area contributed by atoms with Crippen LogP contribution < -0.4 is 0 Å². The lowest BCUT2D eigenvalue weighted by Crippen LogP contribution is -2.04. The van der Waals surface area contributed by atoms with Crippen LogP contribution in [0.4, 0.5) is 0 Å². The lowest BCUT2D eigenvalue weighted by molar-refractivity contribution is 0.615. The van der Waals surface area contributed by atoms with Gasteiger partial charge in [0, 0.05) is 0 Å². The molecule has 0 aliphatic rings. The van der Waals surface area contributed by atoms with Crippen LogP contribution >= 0.6 is 0 Å². The molecule has 0 heterocycles. The standard InChI is InChI=1S/C16H25/c1-6-14-7-8-15(9-12(2)3)16(11-14)10-13(4)5/h7-8,11-13H,1,6,9-10H2,2-5H3. The first-order valence-electron chi connectivity index (χ1n) is 6.42. The zero-order valence-electron chi connectivity index (χ0n) is 11.2. The molecule has 1 aromatic carbocycles. The van der Waals surface area contributed by atoms with Gasteiger partial charge in [-0.15, -0.1) is 0 Å². The summed E-state index contributed by atoms with van der Waals surface area (Å²) >= 11 is 0. The molecule has 0 fully saturated rings. The van der Waals surface area contributed by atoms with Gasteiger partial charge in [-0.1, -0.05) is 45.9 Å². The number of rotatable bonds is 5. The van der Waals surface area contributed by atoms with Crippen molar-refractivity contribution in [3.05, 3.63) is 41.8 Å². The Hall–Kier alpha value is -0.780. The van der Waals surface area contributed by atoms with Gasteiger partial charge >= 0.3 is 0 Å². The number of hydrogen-bond donors (Lipinski definition) is 0. The predicted octanol–water partition coefficient (Wildman–Crippen LogP) is 4.46. The van der Waals surface area contributed by atoms with E-state index in [0.29, 0.717) is 0 Å². The van der Waals surface area contributed by atoms with E-state index < -0.39 is 0 Å². The third kappa shape index (κ3) is 4.00. The van der Waals surface area contributed by atoms with Crippen LogP contribution in [0, 0.1) is 18.8 Å². The van der Waals surface area contributed by atoms with Crippen LogP contribution in [0.15, 0.2) is 18.2 Å². The Labute approximate surface area is 101 Å². The molecule has 0 amide bonds. The highest BCUT2D eigenvalue weighted by Gasteiger charge is 2.07. The maximum absolute atomic E-state index is 3.97. The molecule has 0 atom stereocenters. The summed E-state index contributed by atoms with van der Waals surface area (Å²) in [4.78, 5) is 0. The molecule has 0 heteroatoms. The van der Waals surface area contributed by atoms with E-state index in [4.69, 9.17) is 0 Å². The Bertz CT molecular complexity index is 321. The summed E-state index contributed by atoms with van der Waals surface area (Å²) in [5.74, 6) is 1.46. The third-order valence-corrected chi connectivity index (χ3v) is 2.82. The first-order chi connectivity index (χ1) is 7.52. The predicted molar refractivity (Wildman–Crippen MR) is 72.6 cm³/mol. The van der Waals surface area contributed by atoms with Crippen LogP contribution in [0.2, 0.25) is 0 Å². The fourth-order valence-corrected chi connectivity index (χ4v) is 2.10. The molecule has 0 aliphatic carbocycles. The zero-order chi connectivity index (χ0) is 12.1. The lowest BCUT2D eigenvalue weighted by Gasteiger charge is -2.15. The minimum atomic E-state index is 0.728. The summed E-state index contributed by atoms with van der Waals surface area (Å²) in [6.07, 6.45) is 3.28. The average Bonchev–Trinajstić information content (AvgIpc) is 2.19. The van der Waals surface area contributed by atoms with Gasteiger partial charge in [0.25, 0.3) is 0 Å². The third-order valence-electron chi connectivity index (χ3n) is 2.82. The highest BCUT2D eigenvalue weighted by atomic mass is 14.1. The Balaban J connectivity index is 2.96. The Kier molecular flexibility index (Phi) is 5.05. The van der Waals surface area contributed by atoms with E-state index in [-0.39, 0.29) is 0 Å². The average molecular weight is 217 g/mol. The molecule has 0 aromatic heterocycles. The van der Waals surface area contributed by atoms with Crippen molar-refractivity contribution in [3.8, 4) is 0 Å². The molecule has 0 unspecified atom stereocenters. The minimum absolute atomic E-state index is 0.728. The zero-order valence-corrected chi connectivity index (χ0v) is 11.2. The van der Waals surface area contributed by atoms with Gasteiger partial charge < -0.3 is 0 Å². The lowest BCUT2D eigenvalue weighted by atomic mass is 9.91. The van der Waals surface area contributed by atoms with Gasteiger partial charge in [-0.2, -0.15) is 0 Å². The van der Waals surface area contributed by atoms with Crippen molar-refractivity contribution in [2.24, 2.45) is 11.8 Å².